The van der Waals surface area contributed by atoms with Crippen LogP contribution in [0.5, 0.6) is 5.75 Å². The third kappa shape index (κ3) is 1.30. The molecule has 0 amide bonds. The van der Waals surface area contributed by atoms with E-state index in [1.165, 1.54) is 23.0 Å². The molecule has 0 aromatic carbocycles. The molecule has 0 radical (unpaired) electrons. The fraction of sp³-hybridized carbons (Fsp3) is 0.200. The van der Waals surface area contributed by atoms with E-state index in [2.05, 4.69) is 4.74 Å². The van der Waals surface area contributed by atoms with Gasteiger partial charge in [0, 0.05) is 17.8 Å². The minimum absolute atomic E-state index is 0.314. The van der Waals surface area contributed by atoms with Gasteiger partial charge in [-0.15, -0.1) is 11.3 Å². The number of ether oxygens (including phenoxy) is 1. The molecule has 2 rings (SSSR count). The molecule has 2 aromatic heterocycles. The Labute approximate surface area is 94.5 Å². The number of pyridine rings is 1. The maximum Gasteiger partial charge on any atom is 0.347 e. The van der Waals surface area contributed by atoms with Gasteiger partial charge in [0.05, 0.1) is 18.0 Å². The van der Waals surface area contributed by atoms with Crippen LogP contribution in [-0.2, 0) is 11.8 Å². The molecule has 16 heavy (non-hydrogen) atoms. The largest absolute Gasteiger partial charge is 0.506 e. The fourth-order valence-electron chi connectivity index (χ4n) is 1.53. The van der Waals surface area contributed by atoms with Crippen molar-refractivity contribution in [2.45, 2.75) is 0 Å². The Morgan fingerprint density at radius 2 is 2.19 bits per heavy atom. The Morgan fingerprint density at radius 1 is 1.50 bits per heavy atom. The number of aryl methyl sites for hydroxylation is 1. The van der Waals surface area contributed by atoms with Crippen LogP contribution < -0.4 is 5.56 Å². The van der Waals surface area contributed by atoms with Crippen LogP contribution in [0.25, 0.3) is 10.9 Å². The molecule has 0 spiro atoms. The SMILES string of the molecule is COC(=O)c1c(O)c2cscc2n(C)c1=O. The lowest BCUT2D eigenvalue weighted by Gasteiger charge is -2.07. The molecular formula is C10H9NO4S. The topological polar surface area (TPSA) is 68.5 Å². The summed E-state index contributed by atoms with van der Waals surface area (Å²) >= 11 is 1.35. The molecule has 6 heteroatoms. The Kier molecular flexibility index (Phi) is 2.43. The van der Waals surface area contributed by atoms with Crippen molar-refractivity contribution < 1.29 is 14.6 Å². The number of aromatic hydroxyl groups is 1. The van der Waals surface area contributed by atoms with E-state index < -0.39 is 11.5 Å². The number of hydrogen-bond acceptors (Lipinski definition) is 5. The second kappa shape index (κ2) is 3.64. The van der Waals surface area contributed by atoms with E-state index in [9.17, 15) is 14.7 Å². The second-order valence-corrected chi connectivity index (χ2v) is 3.99. The average Bonchev–Trinajstić information content (AvgIpc) is 2.75. The Hall–Kier alpha value is -1.82. The maximum atomic E-state index is 11.8. The predicted octanol–water partition coefficient (Wildman–Crippen LogP) is 1.09. The zero-order valence-electron chi connectivity index (χ0n) is 8.68. The van der Waals surface area contributed by atoms with Gasteiger partial charge in [0.25, 0.3) is 5.56 Å². The zero-order chi connectivity index (χ0) is 11.9. The fourth-order valence-corrected chi connectivity index (χ4v) is 2.38. The number of hydrogen-bond donors (Lipinski definition) is 1. The summed E-state index contributed by atoms with van der Waals surface area (Å²) in [6, 6.07) is 0. The Bertz CT molecular complexity index is 626. The highest BCUT2D eigenvalue weighted by Crippen LogP contribution is 2.28. The zero-order valence-corrected chi connectivity index (χ0v) is 9.50. The molecule has 0 saturated carbocycles. The summed E-state index contributed by atoms with van der Waals surface area (Å²) in [5.41, 5.74) is -0.286. The van der Waals surface area contributed by atoms with E-state index >= 15 is 0 Å². The highest BCUT2D eigenvalue weighted by Gasteiger charge is 2.21. The van der Waals surface area contributed by atoms with Gasteiger partial charge < -0.3 is 14.4 Å². The minimum Gasteiger partial charge on any atom is -0.506 e. The molecule has 2 aromatic rings. The highest BCUT2D eigenvalue weighted by molar-refractivity contribution is 7.09. The number of carbonyl (C=O) groups is 1. The third-order valence-electron chi connectivity index (χ3n) is 2.40. The molecule has 0 atom stereocenters. The third-order valence-corrected chi connectivity index (χ3v) is 3.13. The van der Waals surface area contributed by atoms with E-state index in [1.54, 1.807) is 17.8 Å². The van der Waals surface area contributed by atoms with Crippen LogP contribution in [0.1, 0.15) is 10.4 Å². The first-order chi connectivity index (χ1) is 7.57. The van der Waals surface area contributed by atoms with Crippen molar-refractivity contribution in [3.05, 3.63) is 26.7 Å². The lowest BCUT2D eigenvalue weighted by molar-refractivity contribution is 0.0595. The molecule has 0 fully saturated rings. The van der Waals surface area contributed by atoms with E-state index in [0.29, 0.717) is 10.9 Å². The summed E-state index contributed by atoms with van der Waals surface area (Å²) in [5, 5.41) is 13.7. The van der Waals surface area contributed by atoms with Crippen molar-refractivity contribution in [3.8, 4) is 5.75 Å². The van der Waals surface area contributed by atoms with Crippen LogP contribution in [0.15, 0.2) is 15.6 Å². The van der Waals surface area contributed by atoms with Crippen LogP contribution in [0.2, 0.25) is 0 Å². The summed E-state index contributed by atoms with van der Waals surface area (Å²) in [7, 11) is 2.71. The Balaban J connectivity index is 2.94. The molecule has 0 aliphatic rings. The first-order valence-corrected chi connectivity index (χ1v) is 5.38. The molecule has 0 aliphatic carbocycles. The van der Waals surface area contributed by atoms with Gasteiger partial charge in [0.15, 0.2) is 5.56 Å². The highest BCUT2D eigenvalue weighted by atomic mass is 32.1. The van der Waals surface area contributed by atoms with Gasteiger partial charge in [0.1, 0.15) is 5.75 Å². The molecule has 0 saturated heterocycles. The maximum absolute atomic E-state index is 11.8. The summed E-state index contributed by atoms with van der Waals surface area (Å²) in [4.78, 5) is 23.2. The first kappa shape index (κ1) is 10.7. The molecule has 5 nitrogen and oxygen atoms in total. The van der Waals surface area contributed by atoms with Crippen molar-refractivity contribution in [3.63, 3.8) is 0 Å². The normalized spacial score (nSPS) is 10.6. The number of carbonyl (C=O) groups excluding carboxylic acids is 1. The summed E-state index contributed by atoms with van der Waals surface area (Å²) in [5.74, 6) is -1.14. The van der Waals surface area contributed by atoms with Gasteiger partial charge >= 0.3 is 5.97 Å². The number of aromatic nitrogens is 1. The van der Waals surface area contributed by atoms with Crippen molar-refractivity contribution in [1.82, 2.24) is 4.57 Å². The van der Waals surface area contributed by atoms with E-state index in [-0.39, 0.29) is 11.3 Å². The van der Waals surface area contributed by atoms with Gasteiger partial charge in [-0.1, -0.05) is 0 Å². The van der Waals surface area contributed by atoms with Gasteiger partial charge in [0.2, 0.25) is 0 Å². The van der Waals surface area contributed by atoms with E-state index in [1.807, 2.05) is 0 Å². The predicted molar refractivity (Wildman–Crippen MR) is 60.1 cm³/mol. The molecule has 0 bridgehead atoms. The quantitative estimate of drug-likeness (QED) is 0.756. The molecule has 2 heterocycles. The standard InChI is InChI=1S/C10H9NO4S/c1-11-6-4-16-3-5(6)8(12)7(9(11)13)10(14)15-2/h3-4,12H,1-2H3. The lowest BCUT2D eigenvalue weighted by atomic mass is 10.2. The number of nitrogens with zero attached hydrogens (tertiary/aromatic N) is 1. The first-order valence-electron chi connectivity index (χ1n) is 4.44. The van der Waals surface area contributed by atoms with E-state index in [0.717, 1.165) is 0 Å². The summed E-state index contributed by atoms with van der Waals surface area (Å²) in [6.07, 6.45) is 0. The number of esters is 1. The molecular weight excluding hydrogens is 230 g/mol. The van der Waals surface area contributed by atoms with Crippen molar-refractivity contribution in [2.24, 2.45) is 7.05 Å². The van der Waals surface area contributed by atoms with Crippen LogP contribution >= 0.6 is 11.3 Å². The lowest BCUT2D eigenvalue weighted by Crippen LogP contribution is -2.25. The molecule has 1 N–H and O–H groups in total. The van der Waals surface area contributed by atoms with E-state index in [4.69, 9.17) is 0 Å². The molecule has 84 valence electrons. The second-order valence-electron chi connectivity index (χ2n) is 3.25. The van der Waals surface area contributed by atoms with Crippen molar-refractivity contribution in [1.29, 1.82) is 0 Å². The van der Waals surface area contributed by atoms with Gasteiger partial charge in [-0.2, -0.15) is 0 Å². The number of methoxy groups -OCH3 is 1. The van der Waals surface area contributed by atoms with Gasteiger partial charge in [-0.05, 0) is 0 Å². The number of fused-ring (bicyclic) bond motifs is 1. The smallest absolute Gasteiger partial charge is 0.347 e. The van der Waals surface area contributed by atoms with Crippen LogP contribution in [-0.4, -0.2) is 22.8 Å². The van der Waals surface area contributed by atoms with Gasteiger partial charge in [-0.3, -0.25) is 4.79 Å². The number of thiophene rings is 1. The van der Waals surface area contributed by atoms with Gasteiger partial charge in [-0.25, -0.2) is 4.79 Å². The van der Waals surface area contributed by atoms with Crippen LogP contribution in [0.3, 0.4) is 0 Å². The monoisotopic (exact) mass is 239 g/mol. The van der Waals surface area contributed by atoms with Crippen LogP contribution in [0, 0.1) is 0 Å². The Morgan fingerprint density at radius 3 is 2.81 bits per heavy atom. The van der Waals surface area contributed by atoms with Crippen molar-refractivity contribution in [2.75, 3.05) is 7.11 Å². The number of rotatable bonds is 1. The summed E-state index contributed by atoms with van der Waals surface area (Å²) < 4.78 is 5.79. The van der Waals surface area contributed by atoms with Crippen LogP contribution in [0.4, 0.5) is 0 Å². The molecule has 0 aliphatic heterocycles. The summed E-state index contributed by atoms with van der Waals surface area (Å²) in [6.45, 7) is 0. The van der Waals surface area contributed by atoms with Crippen molar-refractivity contribution >= 4 is 28.2 Å². The average molecular weight is 239 g/mol. The molecule has 0 unspecified atom stereocenters. The minimum atomic E-state index is -0.828.